The van der Waals surface area contributed by atoms with Crippen LogP contribution in [-0.4, -0.2) is 24.4 Å². The van der Waals surface area contributed by atoms with Crippen molar-refractivity contribution in [1.82, 2.24) is 10.6 Å². The van der Waals surface area contributed by atoms with Gasteiger partial charge in [0.05, 0.1) is 6.57 Å². The molecular formula is C15H19N3O2. The summed E-state index contributed by atoms with van der Waals surface area (Å²) in [6.45, 7) is 11.3. The lowest BCUT2D eigenvalue weighted by Gasteiger charge is -2.16. The van der Waals surface area contributed by atoms with Crippen LogP contribution in [0.1, 0.15) is 37.0 Å². The van der Waals surface area contributed by atoms with E-state index >= 15 is 0 Å². The van der Waals surface area contributed by atoms with Crippen molar-refractivity contribution in [1.29, 1.82) is 0 Å². The fraction of sp³-hybridized carbons (Fsp3) is 0.400. The smallest absolute Gasteiger partial charge is 0.251 e. The van der Waals surface area contributed by atoms with E-state index in [2.05, 4.69) is 15.5 Å². The van der Waals surface area contributed by atoms with Gasteiger partial charge >= 0.3 is 0 Å². The molecule has 106 valence electrons. The van der Waals surface area contributed by atoms with Crippen LogP contribution in [0, 0.1) is 6.57 Å². The first-order chi connectivity index (χ1) is 9.62. The minimum Gasteiger partial charge on any atom is -0.354 e. The molecule has 0 spiro atoms. The summed E-state index contributed by atoms with van der Waals surface area (Å²) in [5, 5.41) is 5.47. The van der Waals surface area contributed by atoms with Crippen LogP contribution in [0.25, 0.3) is 4.85 Å². The predicted molar refractivity (Wildman–Crippen MR) is 77.5 cm³/mol. The highest BCUT2D eigenvalue weighted by Crippen LogP contribution is 2.12. The first-order valence-electron chi connectivity index (χ1n) is 6.68. The van der Waals surface area contributed by atoms with E-state index in [9.17, 15) is 9.59 Å². The van der Waals surface area contributed by atoms with Gasteiger partial charge in [0.25, 0.3) is 5.91 Å². The Bertz CT molecular complexity index is 503. The molecule has 1 rings (SSSR count). The van der Waals surface area contributed by atoms with Crippen LogP contribution >= 0.6 is 0 Å². The molecule has 0 bridgehead atoms. The molecule has 1 atom stereocenters. The molecule has 20 heavy (non-hydrogen) atoms. The zero-order valence-corrected chi connectivity index (χ0v) is 11.8. The van der Waals surface area contributed by atoms with Crippen LogP contribution < -0.4 is 10.6 Å². The zero-order chi connectivity index (χ0) is 15.0. The van der Waals surface area contributed by atoms with Crippen molar-refractivity contribution in [2.24, 2.45) is 0 Å². The van der Waals surface area contributed by atoms with Crippen LogP contribution in [0.2, 0.25) is 0 Å². The van der Waals surface area contributed by atoms with Crippen molar-refractivity contribution in [2.75, 3.05) is 6.54 Å². The van der Waals surface area contributed by atoms with Gasteiger partial charge in [0.2, 0.25) is 5.91 Å². The maximum atomic E-state index is 12.0. The van der Waals surface area contributed by atoms with Gasteiger partial charge in [-0.2, -0.15) is 0 Å². The molecule has 5 heteroatoms. The molecule has 0 fully saturated rings. The van der Waals surface area contributed by atoms with E-state index in [4.69, 9.17) is 6.57 Å². The number of nitrogens with zero attached hydrogens (tertiary/aromatic N) is 1. The number of hydrogen-bond acceptors (Lipinski definition) is 2. The van der Waals surface area contributed by atoms with Crippen molar-refractivity contribution in [3.05, 3.63) is 41.2 Å². The summed E-state index contributed by atoms with van der Waals surface area (Å²) in [5.74, 6) is -0.472. The van der Waals surface area contributed by atoms with Gasteiger partial charge in [-0.1, -0.05) is 38.1 Å². The molecule has 0 saturated carbocycles. The molecule has 0 aromatic heterocycles. The van der Waals surface area contributed by atoms with Crippen molar-refractivity contribution >= 4 is 17.5 Å². The van der Waals surface area contributed by atoms with Crippen molar-refractivity contribution < 1.29 is 9.59 Å². The average molecular weight is 273 g/mol. The van der Waals surface area contributed by atoms with Crippen LogP contribution in [0.4, 0.5) is 5.69 Å². The van der Waals surface area contributed by atoms with Gasteiger partial charge in [0.15, 0.2) is 5.69 Å². The number of benzene rings is 1. The first-order valence-corrected chi connectivity index (χ1v) is 6.68. The quantitative estimate of drug-likeness (QED) is 0.781. The summed E-state index contributed by atoms with van der Waals surface area (Å²) < 4.78 is 0. The first kappa shape index (κ1) is 15.7. The Hall–Kier alpha value is -2.35. The summed E-state index contributed by atoms with van der Waals surface area (Å²) in [5.41, 5.74) is 0.924. The third-order valence-corrected chi connectivity index (χ3v) is 2.84. The molecule has 0 aliphatic carbocycles. The highest BCUT2D eigenvalue weighted by Gasteiger charge is 2.18. The van der Waals surface area contributed by atoms with E-state index in [1.165, 1.54) is 0 Å². The molecule has 2 N–H and O–H groups in total. The lowest BCUT2D eigenvalue weighted by molar-refractivity contribution is -0.123. The van der Waals surface area contributed by atoms with Crippen LogP contribution in [-0.2, 0) is 4.79 Å². The zero-order valence-electron chi connectivity index (χ0n) is 11.8. The van der Waals surface area contributed by atoms with Crippen molar-refractivity contribution in [2.45, 2.75) is 32.7 Å². The average Bonchev–Trinajstić information content (AvgIpc) is 2.50. The third kappa shape index (κ3) is 4.39. The number of carbonyl (C=O) groups is 2. The molecule has 1 aromatic carbocycles. The van der Waals surface area contributed by atoms with Gasteiger partial charge in [0.1, 0.15) is 6.04 Å². The number of nitrogens with one attached hydrogen (secondary N) is 2. The Morgan fingerprint density at radius 1 is 1.25 bits per heavy atom. The van der Waals surface area contributed by atoms with Crippen molar-refractivity contribution in [3.63, 3.8) is 0 Å². The second kappa shape index (κ2) is 7.95. The van der Waals surface area contributed by atoms with E-state index in [0.717, 1.165) is 6.42 Å². The highest BCUT2D eigenvalue weighted by atomic mass is 16.2. The van der Waals surface area contributed by atoms with Crippen LogP contribution in [0.3, 0.4) is 0 Å². The largest absolute Gasteiger partial charge is 0.354 e. The maximum absolute atomic E-state index is 12.0. The standard InChI is InChI=1S/C15H19N3O2/c1-4-10-17-15(20)13(5-2)18-14(19)11-6-8-12(16-3)9-7-11/h6-9,13H,4-5,10H2,1-2H3,(H,17,20)(H,18,19). The minimum absolute atomic E-state index is 0.166. The van der Waals surface area contributed by atoms with Gasteiger partial charge in [-0.15, -0.1) is 0 Å². The Morgan fingerprint density at radius 3 is 2.40 bits per heavy atom. The normalized spacial score (nSPS) is 11.2. The lowest BCUT2D eigenvalue weighted by Crippen LogP contribution is -2.46. The Labute approximate surface area is 119 Å². The molecule has 1 unspecified atom stereocenters. The fourth-order valence-corrected chi connectivity index (χ4v) is 1.65. The van der Waals surface area contributed by atoms with Gasteiger partial charge in [-0.05, 0) is 12.8 Å². The number of amides is 2. The maximum Gasteiger partial charge on any atom is 0.251 e. The van der Waals surface area contributed by atoms with E-state index < -0.39 is 6.04 Å². The SMILES string of the molecule is [C-]#[N+]c1ccc(C(=O)NC(CC)C(=O)NCCC)cc1. The topological polar surface area (TPSA) is 62.6 Å². The van der Waals surface area contributed by atoms with Gasteiger partial charge in [-0.3, -0.25) is 9.59 Å². The van der Waals surface area contributed by atoms with Crippen LogP contribution in [0.15, 0.2) is 24.3 Å². The van der Waals surface area contributed by atoms with Gasteiger partial charge in [-0.25, -0.2) is 4.85 Å². The highest BCUT2D eigenvalue weighted by molar-refractivity contribution is 5.97. The van der Waals surface area contributed by atoms with Crippen molar-refractivity contribution in [3.8, 4) is 0 Å². The third-order valence-electron chi connectivity index (χ3n) is 2.84. The van der Waals surface area contributed by atoms with E-state index in [1.807, 2.05) is 13.8 Å². The molecule has 2 amide bonds. The predicted octanol–water partition coefficient (Wildman–Crippen LogP) is 2.27. The molecule has 0 aliphatic heterocycles. The summed E-state index contributed by atoms with van der Waals surface area (Å²) >= 11 is 0. The molecule has 0 aliphatic rings. The summed E-state index contributed by atoms with van der Waals surface area (Å²) in [6.07, 6.45) is 1.38. The Kier molecular flexibility index (Phi) is 6.24. The Balaban J connectivity index is 2.66. The summed E-state index contributed by atoms with van der Waals surface area (Å²) in [6, 6.07) is 5.80. The van der Waals surface area contributed by atoms with E-state index in [0.29, 0.717) is 24.2 Å². The molecule has 0 heterocycles. The summed E-state index contributed by atoms with van der Waals surface area (Å²) in [4.78, 5) is 27.1. The second-order valence-electron chi connectivity index (χ2n) is 4.38. The number of carbonyl (C=O) groups excluding carboxylic acids is 2. The molecule has 5 nitrogen and oxygen atoms in total. The monoisotopic (exact) mass is 273 g/mol. The molecule has 1 aromatic rings. The van der Waals surface area contributed by atoms with E-state index in [1.54, 1.807) is 24.3 Å². The lowest BCUT2D eigenvalue weighted by atomic mass is 10.1. The van der Waals surface area contributed by atoms with E-state index in [-0.39, 0.29) is 11.8 Å². The molecular weight excluding hydrogens is 254 g/mol. The second-order valence-corrected chi connectivity index (χ2v) is 4.38. The number of rotatable bonds is 6. The molecule has 0 radical (unpaired) electrons. The van der Waals surface area contributed by atoms with Gasteiger partial charge in [0, 0.05) is 12.1 Å². The summed E-state index contributed by atoms with van der Waals surface area (Å²) in [7, 11) is 0. The minimum atomic E-state index is -0.533. The van der Waals surface area contributed by atoms with Gasteiger partial charge < -0.3 is 10.6 Å². The van der Waals surface area contributed by atoms with Crippen LogP contribution in [0.5, 0.6) is 0 Å². The molecule has 0 saturated heterocycles. The Morgan fingerprint density at radius 2 is 1.90 bits per heavy atom. The number of hydrogen-bond donors (Lipinski definition) is 2. The fourth-order valence-electron chi connectivity index (χ4n) is 1.65.